The van der Waals surface area contributed by atoms with Crippen LogP contribution in [0.5, 0.6) is 0 Å². The smallest absolute Gasteiger partial charge is 0.416 e. The molecule has 3 nitrogen and oxygen atoms in total. The Balaban J connectivity index is 1.88. The van der Waals surface area contributed by atoms with Crippen molar-refractivity contribution in [1.82, 2.24) is 0 Å². The van der Waals surface area contributed by atoms with E-state index in [1.54, 1.807) is 0 Å². The topological polar surface area (TPSA) is 42.2 Å². The van der Waals surface area contributed by atoms with Gasteiger partial charge in [0, 0.05) is 5.56 Å². The van der Waals surface area contributed by atoms with Crippen molar-refractivity contribution in [2.24, 2.45) is 0 Å². The molecule has 0 aliphatic heterocycles. The minimum Gasteiger partial charge on any atom is -0.451 e. The van der Waals surface area contributed by atoms with Crippen LogP contribution in [-0.2, 0) is 6.18 Å². The second kappa shape index (κ2) is 6.84. The average molecular weight is 384 g/mol. The zero-order chi connectivity index (χ0) is 18.9. The van der Waals surface area contributed by atoms with Crippen LogP contribution in [0.2, 0.25) is 5.02 Å². The molecule has 0 atom stereocenters. The lowest BCUT2D eigenvalue weighted by molar-refractivity contribution is -0.137. The summed E-state index contributed by atoms with van der Waals surface area (Å²) in [7, 11) is 0. The SMILES string of the molecule is O=C(Nc1ccccc1F)c1ccc(-c2cc(C(F)(F)F)ccc2Cl)o1. The molecular weight excluding hydrogens is 374 g/mol. The number of anilines is 1. The Morgan fingerprint density at radius 1 is 1.04 bits per heavy atom. The summed E-state index contributed by atoms with van der Waals surface area (Å²) in [5.74, 6) is -1.59. The van der Waals surface area contributed by atoms with Crippen molar-refractivity contribution in [2.45, 2.75) is 6.18 Å². The van der Waals surface area contributed by atoms with E-state index in [0.717, 1.165) is 18.2 Å². The van der Waals surface area contributed by atoms with Crippen LogP contribution in [0.15, 0.2) is 59.0 Å². The number of hydrogen-bond acceptors (Lipinski definition) is 2. The fourth-order valence-electron chi connectivity index (χ4n) is 2.24. The highest BCUT2D eigenvalue weighted by molar-refractivity contribution is 6.33. The molecule has 1 aromatic heterocycles. The zero-order valence-corrected chi connectivity index (χ0v) is 13.7. The molecule has 0 unspecified atom stereocenters. The van der Waals surface area contributed by atoms with Gasteiger partial charge in [-0.1, -0.05) is 23.7 Å². The fraction of sp³-hybridized carbons (Fsp3) is 0.0556. The molecule has 0 spiro atoms. The number of carbonyl (C=O) groups is 1. The molecule has 1 amide bonds. The standard InChI is InChI=1S/C18H10ClF4NO2/c19-12-6-5-10(18(21,22)23)9-11(12)15-7-8-16(26-15)17(25)24-14-4-2-1-3-13(14)20/h1-9H,(H,24,25). The number of para-hydroxylation sites is 1. The van der Waals surface area contributed by atoms with Crippen LogP contribution in [0.25, 0.3) is 11.3 Å². The quantitative estimate of drug-likeness (QED) is 0.563. The molecule has 0 fully saturated rings. The highest BCUT2D eigenvalue weighted by Crippen LogP contribution is 2.36. The largest absolute Gasteiger partial charge is 0.451 e. The first-order valence-electron chi connectivity index (χ1n) is 7.28. The van der Waals surface area contributed by atoms with Crippen molar-refractivity contribution < 1.29 is 26.8 Å². The second-order valence-electron chi connectivity index (χ2n) is 5.29. The zero-order valence-electron chi connectivity index (χ0n) is 12.9. The molecule has 3 aromatic rings. The first-order chi connectivity index (χ1) is 12.3. The van der Waals surface area contributed by atoms with Crippen molar-refractivity contribution in [3.63, 3.8) is 0 Å². The molecule has 1 heterocycles. The summed E-state index contributed by atoms with van der Waals surface area (Å²) in [5.41, 5.74) is -0.954. The number of amides is 1. The number of alkyl halides is 3. The molecule has 0 radical (unpaired) electrons. The van der Waals surface area contributed by atoms with Crippen LogP contribution >= 0.6 is 11.6 Å². The van der Waals surface area contributed by atoms with Gasteiger partial charge in [0.05, 0.1) is 16.3 Å². The molecular formula is C18H10ClF4NO2. The number of hydrogen-bond donors (Lipinski definition) is 1. The molecule has 8 heteroatoms. The second-order valence-corrected chi connectivity index (χ2v) is 5.70. The van der Waals surface area contributed by atoms with E-state index in [0.29, 0.717) is 0 Å². The van der Waals surface area contributed by atoms with Gasteiger partial charge in [0.2, 0.25) is 0 Å². The molecule has 0 aliphatic rings. The summed E-state index contributed by atoms with van der Waals surface area (Å²) in [5, 5.41) is 2.36. The highest BCUT2D eigenvalue weighted by atomic mass is 35.5. The molecule has 3 rings (SSSR count). The van der Waals surface area contributed by atoms with Crippen molar-refractivity contribution in [3.8, 4) is 11.3 Å². The maximum Gasteiger partial charge on any atom is 0.416 e. The normalized spacial score (nSPS) is 11.4. The summed E-state index contributed by atoms with van der Waals surface area (Å²) in [6, 6.07) is 10.9. The van der Waals surface area contributed by atoms with Crippen LogP contribution in [0.4, 0.5) is 23.2 Å². The van der Waals surface area contributed by atoms with Gasteiger partial charge in [-0.3, -0.25) is 4.79 Å². The third-order valence-electron chi connectivity index (χ3n) is 3.51. The van der Waals surface area contributed by atoms with Gasteiger partial charge < -0.3 is 9.73 Å². The van der Waals surface area contributed by atoms with Crippen molar-refractivity contribution in [3.05, 3.63) is 76.8 Å². The van der Waals surface area contributed by atoms with Gasteiger partial charge in [-0.05, 0) is 42.5 Å². The first-order valence-corrected chi connectivity index (χ1v) is 7.66. The molecule has 2 aromatic carbocycles. The Morgan fingerprint density at radius 3 is 2.46 bits per heavy atom. The molecule has 0 saturated carbocycles. The molecule has 0 aliphatic carbocycles. The van der Waals surface area contributed by atoms with Crippen LogP contribution in [0, 0.1) is 5.82 Å². The maximum absolute atomic E-state index is 13.6. The number of rotatable bonds is 3. The van der Waals surface area contributed by atoms with Crippen molar-refractivity contribution in [2.75, 3.05) is 5.32 Å². The van der Waals surface area contributed by atoms with Crippen molar-refractivity contribution >= 4 is 23.2 Å². The summed E-state index contributed by atoms with van der Waals surface area (Å²) in [6.45, 7) is 0. The molecule has 0 saturated heterocycles. The van der Waals surface area contributed by atoms with Gasteiger partial charge in [-0.2, -0.15) is 13.2 Å². The summed E-state index contributed by atoms with van der Waals surface area (Å²) in [6.07, 6.45) is -4.54. The van der Waals surface area contributed by atoms with E-state index in [9.17, 15) is 22.4 Å². The van der Waals surface area contributed by atoms with Crippen LogP contribution in [-0.4, -0.2) is 5.91 Å². The van der Waals surface area contributed by atoms with Crippen LogP contribution in [0.1, 0.15) is 16.1 Å². The minimum absolute atomic E-state index is 0.00793. The molecule has 1 N–H and O–H groups in total. The number of benzene rings is 2. The van der Waals surface area contributed by atoms with Gasteiger partial charge in [0.25, 0.3) is 5.91 Å². The van der Waals surface area contributed by atoms with Gasteiger partial charge >= 0.3 is 6.18 Å². The highest BCUT2D eigenvalue weighted by Gasteiger charge is 2.31. The van der Waals surface area contributed by atoms with Gasteiger partial charge in [0.15, 0.2) is 5.76 Å². The van der Waals surface area contributed by atoms with Crippen LogP contribution < -0.4 is 5.32 Å². The van der Waals surface area contributed by atoms with E-state index in [1.807, 2.05) is 0 Å². The van der Waals surface area contributed by atoms with Gasteiger partial charge in [-0.25, -0.2) is 4.39 Å². The van der Waals surface area contributed by atoms with Crippen LogP contribution in [0.3, 0.4) is 0 Å². The lowest BCUT2D eigenvalue weighted by atomic mass is 10.1. The number of nitrogens with one attached hydrogen (secondary N) is 1. The average Bonchev–Trinajstić information content (AvgIpc) is 3.06. The Kier molecular flexibility index (Phi) is 4.73. The number of halogens is 5. The number of furan rings is 1. The van der Waals surface area contributed by atoms with E-state index in [-0.39, 0.29) is 27.8 Å². The van der Waals surface area contributed by atoms with Gasteiger partial charge in [0.1, 0.15) is 11.6 Å². The fourth-order valence-corrected chi connectivity index (χ4v) is 2.45. The third kappa shape index (κ3) is 3.72. The van der Waals surface area contributed by atoms with E-state index < -0.39 is 23.5 Å². The molecule has 134 valence electrons. The predicted molar refractivity (Wildman–Crippen MR) is 88.5 cm³/mol. The Labute approximate surface area is 150 Å². The summed E-state index contributed by atoms with van der Waals surface area (Å²) < 4.78 is 57.4. The minimum atomic E-state index is -4.54. The predicted octanol–water partition coefficient (Wildman–Crippen LogP) is 6.01. The monoisotopic (exact) mass is 383 g/mol. The van der Waals surface area contributed by atoms with E-state index in [4.69, 9.17) is 16.0 Å². The van der Waals surface area contributed by atoms with E-state index in [1.165, 1.54) is 36.4 Å². The maximum atomic E-state index is 13.6. The lowest BCUT2D eigenvalue weighted by Gasteiger charge is -2.09. The van der Waals surface area contributed by atoms with E-state index >= 15 is 0 Å². The van der Waals surface area contributed by atoms with E-state index in [2.05, 4.69) is 5.32 Å². The Bertz CT molecular complexity index is 966. The first kappa shape index (κ1) is 18.0. The Morgan fingerprint density at radius 2 is 1.77 bits per heavy atom. The Hall–Kier alpha value is -2.80. The third-order valence-corrected chi connectivity index (χ3v) is 3.84. The molecule has 26 heavy (non-hydrogen) atoms. The summed E-state index contributed by atoms with van der Waals surface area (Å²) in [4.78, 5) is 12.1. The van der Waals surface area contributed by atoms with Crippen molar-refractivity contribution in [1.29, 1.82) is 0 Å². The summed E-state index contributed by atoms with van der Waals surface area (Å²) >= 11 is 5.94. The molecule has 0 bridgehead atoms. The number of carbonyl (C=O) groups excluding carboxylic acids is 1. The lowest BCUT2D eigenvalue weighted by Crippen LogP contribution is -2.11. The van der Waals surface area contributed by atoms with Gasteiger partial charge in [-0.15, -0.1) is 0 Å².